The molecule has 0 saturated carbocycles. The van der Waals surface area contributed by atoms with Gasteiger partial charge in [-0.05, 0) is 18.2 Å². The predicted octanol–water partition coefficient (Wildman–Crippen LogP) is 0.0451. The minimum atomic E-state index is -0.703. The first-order valence-electron chi connectivity index (χ1n) is 5.84. The Balaban J connectivity index is 2.15. The molecule has 5 heteroatoms. The molecule has 1 fully saturated rings. The Morgan fingerprint density at radius 3 is 2.61 bits per heavy atom. The second-order valence-electron chi connectivity index (χ2n) is 4.52. The van der Waals surface area contributed by atoms with Crippen LogP contribution in [0.25, 0.3) is 0 Å². The molecule has 0 radical (unpaired) electrons. The summed E-state index contributed by atoms with van der Waals surface area (Å²) in [7, 11) is 1.58. The second kappa shape index (κ2) is 5.48. The third-order valence-electron chi connectivity index (χ3n) is 3.17. The van der Waals surface area contributed by atoms with Gasteiger partial charge in [-0.2, -0.15) is 0 Å². The zero-order valence-electron chi connectivity index (χ0n) is 10.2. The quantitative estimate of drug-likeness (QED) is 0.740. The Morgan fingerprint density at radius 2 is 2.06 bits per heavy atom. The van der Waals surface area contributed by atoms with Gasteiger partial charge in [-0.25, -0.2) is 0 Å². The Morgan fingerprint density at radius 1 is 1.39 bits per heavy atom. The number of carbonyl (C=O) groups is 1. The smallest absolute Gasteiger partial charge is 0.150 e. The first-order valence-corrected chi connectivity index (χ1v) is 5.84. The summed E-state index contributed by atoms with van der Waals surface area (Å²) < 4.78 is 5.24. The van der Waals surface area contributed by atoms with Crippen molar-refractivity contribution in [2.24, 2.45) is 0 Å². The van der Waals surface area contributed by atoms with Crippen LogP contribution in [0, 0.1) is 0 Å². The van der Waals surface area contributed by atoms with Crippen molar-refractivity contribution in [2.75, 3.05) is 20.2 Å². The lowest BCUT2D eigenvalue weighted by Gasteiger charge is -2.17. The third kappa shape index (κ3) is 2.69. The minimum Gasteiger partial charge on any atom is -0.496 e. The monoisotopic (exact) mass is 251 g/mol. The van der Waals surface area contributed by atoms with Gasteiger partial charge in [-0.1, -0.05) is 0 Å². The number of benzene rings is 1. The Kier molecular flexibility index (Phi) is 3.96. The normalized spacial score (nSPS) is 24.2. The van der Waals surface area contributed by atoms with Crippen LogP contribution in [0.15, 0.2) is 18.2 Å². The first-order chi connectivity index (χ1) is 8.63. The van der Waals surface area contributed by atoms with E-state index >= 15 is 0 Å². The lowest BCUT2D eigenvalue weighted by Crippen LogP contribution is -2.22. The molecule has 1 aliphatic heterocycles. The zero-order chi connectivity index (χ0) is 13.1. The first kappa shape index (κ1) is 13.0. The molecule has 2 unspecified atom stereocenters. The number of rotatable bonds is 4. The van der Waals surface area contributed by atoms with E-state index in [2.05, 4.69) is 0 Å². The Bertz CT molecular complexity index is 425. The number of carbonyl (C=O) groups excluding carboxylic acids is 1. The maximum absolute atomic E-state index is 10.8. The molecule has 2 N–H and O–H groups in total. The van der Waals surface area contributed by atoms with E-state index in [9.17, 15) is 15.0 Å². The van der Waals surface area contributed by atoms with Gasteiger partial charge in [0, 0.05) is 30.8 Å². The summed E-state index contributed by atoms with van der Waals surface area (Å²) in [6.45, 7) is 1.39. The van der Waals surface area contributed by atoms with Crippen molar-refractivity contribution in [2.45, 2.75) is 18.8 Å². The van der Waals surface area contributed by atoms with Crippen molar-refractivity contribution < 1.29 is 19.7 Å². The van der Waals surface area contributed by atoms with Gasteiger partial charge in [0.1, 0.15) is 12.0 Å². The van der Waals surface area contributed by atoms with Crippen LogP contribution in [-0.2, 0) is 6.54 Å². The fourth-order valence-corrected chi connectivity index (χ4v) is 2.21. The van der Waals surface area contributed by atoms with Crippen molar-refractivity contribution >= 4 is 6.29 Å². The molecule has 0 spiro atoms. The molecule has 0 aromatic heterocycles. The number of ether oxygens (including phenoxy) is 1. The molecule has 18 heavy (non-hydrogen) atoms. The highest BCUT2D eigenvalue weighted by atomic mass is 16.5. The SMILES string of the molecule is COc1ccc(C=O)cc1CN1CC(O)C(O)C1. The molecule has 2 rings (SSSR count). The number of aliphatic hydroxyl groups is 2. The van der Waals surface area contributed by atoms with Crippen LogP contribution in [0.4, 0.5) is 0 Å². The summed E-state index contributed by atoms with van der Waals surface area (Å²) in [5.74, 6) is 0.705. The maximum atomic E-state index is 10.8. The van der Waals surface area contributed by atoms with E-state index in [1.54, 1.807) is 25.3 Å². The van der Waals surface area contributed by atoms with Crippen LogP contribution < -0.4 is 4.74 Å². The van der Waals surface area contributed by atoms with Gasteiger partial charge in [0.25, 0.3) is 0 Å². The topological polar surface area (TPSA) is 70.0 Å². The highest BCUT2D eigenvalue weighted by Crippen LogP contribution is 2.23. The maximum Gasteiger partial charge on any atom is 0.150 e. The number of aliphatic hydroxyl groups excluding tert-OH is 2. The molecule has 0 bridgehead atoms. The summed E-state index contributed by atoms with van der Waals surface area (Å²) in [5.41, 5.74) is 1.47. The summed E-state index contributed by atoms with van der Waals surface area (Å²) in [6, 6.07) is 5.22. The van der Waals surface area contributed by atoms with E-state index < -0.39 is 12.2 Å². The van der Waals surface area contributed by atoms with Crippen molar-refractivity contribution in [3.05, 3.63) is 29.3 Å². The minimum absolute atomic E-state index is 0.426. The van der Waals surface area contributed by atoms with E-state index in [1.165, 1.54) is 0 Å². The number of methoxy groups -OCH3 is 1. The number of hydrogen-bond donors (Lipinski definition) is 2. The van der Waals surface area contributed by atoms with Crippen LogP contribution in [0.2, 0.25) is 0 Å². The van der Waals surface area contributed by atoms with Crippen LogP contribution in [0.1, 0.15) is 15.9 Å². The van der Waals surface area contributed by atoms with E-state index in [0.29, 0.717) is 30.9 Å². The molecule has 1 saturated heterocycles. The number of hydrogen-bond acceptors (Lipinski definition) is 5. The van der Waals surface area contributed by atoms with Crippen molar-refractivity contribution in [1.29, 1.82) is 0 Å². The fourth-order valence-electron chi connectivity index (χ4n) is 2.21. The molecule has 1 aromatic rings. The van der Waals surface area contributed by atoms with Crippen LogP contribution in [0.5, 0.6) is 5.75 Å². The Hall–Kier alpha value is -1.43. The molecule has 1 aliphatic rings. The van der Waals surface area contributed by atoms with Gasteiger partial charge < -0.3 is 14.9 Å². The van der Waals surface area contributed by atoms with Crippen LogP contribution in [-0.4, -0.2) is 53.8 Å². The fraction of sp³-hybridized carbons (Fsp3) is 0.462. The molecule has 5 nitrogen and oxygen atoms in total. The van der Waals surface area contributed by atoms with Gasteiger partial charge >= 0.3 is 0 Å². The Labute approximate surface area is 106 Å². The van der Waals surface area contributed by atoms with Crippen LogP contribution in [0.3, 0.4) is 0 Å². The van der Waals surface area contributed by atoms with Crippen molar-refractivity contribution in [3.63, 3.8) is 0 Å². The summed E-state index contributed by atoms with van der Waals surface area (Å²) in [6.07, 6.45) is -0.619. The lowest BCUT2D eigenvalue weighted by molar-refractivity contribution is 0.0572. The van der Waals surface area contributed by atoms with Gasteiger partial charge in [0.05, 0.1) is 19.3 Å². The van der Waals surface area contributed by atoms with E-state index in [-0.39, 0.29) is 0 Å². The average Bonchev–Trinajstić information content (AvgIpc) is 2.68. The van der Waals surface area contributed by atoms with Crippen molar-refractivity contribution in [3.8, 4) is 5.75 Å². The molecule has 0 amide bonds. The van der Waals surface area contributed by atoms with Gasteiger partial charge in [-0.15, -0.1) is 0 Å². The molecular weight excluding hydrogens is 234 g/mol. The molecule has 0 aliphatic carbocycles. The van der Waals surface area contributed by atoms with E-state index in [1.807, 2.05) is 4.90 Å². The average molecular weight is 251 g/mol. The number of β-amino-alcohol motifs (C(OH)–C–C–N with tert-alkyl or cyclic N) is 2. The molecule has 1 heterocycles. The largest absolute Gasteiger partial charge is 0.496 e. The number of likely N-dealkylation sites (tertiary alicyclic amines) is 1. The van der Waals surface area contributed by atoms with E-state index in [0.717, 1.165) is 11.8 Å². The highest BCUT2D eigenvalue weighted by molar-refractivity contribution is 5.75. The zero-order valence-corrected chi connectivity index (χ0v) is 10.2. The molecular formula is C13H17NO4. The second-order valence-corrected chi connectivity index (χ2v) is 4.52. The summed E-state index contributed by atoms with van der Waals surface area (Å²) in [5, 5.41) is 19.0. The highest BCUT2D eigenvalue weighted by Gasteiger charge is 2.29. The van der Waals surface area contributed by atoms with Gasteiger partial charge in [0.2, 0.25) is 0 Å². The summed E-state index contributed by atoms with van der Waals surface area (Å²) >= 11 is 0. The van der Waals surface area contributed by atoms with Crippen molar-refractivity contribution in [1.82, 2.24) is 4.90 Å². The molecule has 1 aromatic carbocycles. The molecule has 2 atom stereocenters. The molecule has 98 valence electrons. The van der Waals surface area contributed by atoms with Crippen LogP contribution >= 0.6 is 0 Å². The third-order valence-corrected chi connectivity index (χ3v) is 3.17. The predicted molar refractivity (Wildman–Crippen MR) is 65.7 cm³/mol. The van der Waals surface area contributed by atoms with E-state index in [4.69, 9.17) is 4.74 Å². The van der Waals surface area contributed by atoms with Gasteiger partial charge in [0.15, 0.2) is 0 Å². The summed E-state index contributed by atoms with van der Waals surface area (Å²) in [4.78, 5) is 12.7. The number of nitrogens with zero attached hydrogens (tertiary/aromatic N) is 1. The number of aldehydes is 1. The lowest BCUT2D eigenvalue weighted by atomic mass is 10.1. The van der Waals surface area contributed by atoms with Gasteiger partial charge in [-0.3, -0.25) is 9.69 Å². The standard InChI is InChI=1S/C13H17NO4/c1-18-13-3-2-9(8-15)4-10(13)5-14-6-11(16)12(17)7-14/h2-4,8,11-12,16-17H,5-7H2,1H3.